The van der Waals surface area contributed by atoms with Crippen LogP contribution in [0.25, 0.3) is 11.6 Å². The van der Waals surface area contributed by atoms with Gasteiger partial charge in [0.2, 0.25) is 0 Å². The van der Waals surface area contributed by atoms with Crippen molar-refractivity contribution in [1.29, 1.82) is 0 Å². The van der Waals surface area contributed by atoms with Crippen LogP contribution in [-0.4, -0.2) is 22.5 Å². The van der Waals surface area contributed by atoms with Crippen molar-refractivity contribution in [2.45, 2.75) is 13.8 Å². The summed E-state index contributed by atoms with van der Waals surface area (Å²) in [6, 6.07) is 5.09. The SMILES string of the molecule is CCOC(=O)c1ccnc(-c2ccc(C)o2)n1. The molecule has 0 aromatic carbocycles. The van der Waals surface area contributed by atoms with Crippen molar-refractivity contribution in [3.63, 3.8) is 0 Å². The van der Waals surface area contributed by atoms with Crippen LogP contribution in [0.1, 0.15) is 23.2 Å². The third-order valence-corrected chi connectivity index (χ3v) is 2.10. The summed E-state index contributed by atoms with van der Waals surface area (Å²) in [5.41, 5.74) is 0.228. The molecule has 0 amide bonds. The number of furan rings is 1. The minimum atomic E-state index is -0.459. The highest BCUT2D eigenvalue weighted by Crippen LogP contribution is 2.17. The Kier molecular flexibility index (Phi) is 3.18. The van der Waals surface area contributed by atoms with Crippen molar-refractivity contribution < 1.29 is 13.9 Å². The van der Waals surface area contributed by atoms with E-state index in [0.29, 0.717) is 18.2 Å². The van der Waals surface area contributed by atoms with Crippen LogP contribution >= 0.6 is 0 Å². The molecule has 0 aliphatic rings. The smallest absolute Gasteiger partial charge is 0.357 e. The van der Waals surface area contributed by atoms with Gasteiger partial charge in [-0.05, 0) is 32.0 Å². The van der Waals surface area contributed by atoms with E-state index in [2.05, 4.69) is 9.97 Å². The minimum absolute atomic E-state index is 0.228. The third kappa shape index (κ3) is 2.50. The second kappa shape index (κ2) is 4.78. The molecule has 0 N–H and O–H groups in total. The molecule has 0 radical (unpaired) electrons. The fraction of sp³-hybridized carbons (Fsp3) is 0.250. The van der Waals surface area contributed by atoms with Gasteiger partial charge in [0.15, 0.2) is 17.3 Å². The first-order valence-electron chi connectivity index (χ1n) is 5.27. The average molecular weight is 232 g/mol. The van der Waals surface area contributed by atoms with Crippen LogP contribution < -0.4 is 0 Å². The molecule has 0 spiro atoms. The molecule has 2 rings (SSSR count). The molecular weight excluding hydrogens is 220 g/mol. The van der Waals surface area contributed by atoms with Crippen LogP contribution in [0.4, 0.5) is 0 Å². The maximum absolute atomic E-state index is 11.5. The van der Waals surface area contributed by atoms with Gasteiger partial charge in [0, 0.05) is 6.20 Å². The van der Waals surface area contributed by atoms with Crippen molar-refractivity contribution >= 4 is 5.97 Å². The lowest BCUT2D eigenvalue weighted by molar-refractivity contribution is 0.0519. The van der Waals surface area contributed by atoms with Gasteiger partial charge in [-0.3, -0.25) is 0 Å². The predicted molar refractivity (Wildman–Crippen MR) is 60.4 cm³/mol. The monoisotopic (exact) mass is 232 g/mol. The summed E-state index contributed by atoms with van der Waals surface area (Å²) < 4.78 is 10.3. The van der Waals surface area contributed by atoms with E-state index in [1.54, 1.807) is 13.0 Å². The zero-order valence-electron chi connectivity index (χ0n) is 9.64. The van der Waals surface area contributed by atoms with Crippen LogP contribution in [0.15, 0.2) is 28.8 Å². The molecule has 88 valence electrons. The summed E-state index contributed by atoms with van der Waals surface area (Å²) in [6.07, 6.45) is 1.51. The van der Waals surface area contributed by atoms with Gasteiger partial charge in [0.25, 0.3) is 0 Å². The molecule has 0 fully saturated rings. The van der Waals surface area contributed by atoms with E-state index in [1.807, 2.05) is 13.0 Å². The normalized spacial score (nSPS) is 10.2. The maximum atomic E-state index is 11.5. The van der Waals surface area contributed by atoms with Crippen molar-refractivity contribution in [2.75, 3.05) is 6.61 Å². The second-order valence-electron chi connectivity index (χ2n) is 3.40. The van der Waals surface area contributed by atoms with E-state index in [1.165, 1.54) is 12.3 Å². The second-order valence-corrected chi connectivity index (χ2v) is 3.40. The highest BCUT2D eigenvalue weighted by atomic mass is 16.5. The summed E-state index contributed by atoms with van der Waals surface area (Å²) in [7, 11) is 0. The van der Waals surface area contributed by atoms with Crippen LogP contribution in [-0.2, 0) is 4.74 Å². The molecule has 0 atom stereocenters. The average Bonchev–Trinajstić information content (AvgIpc) is 2.76. The number of ether oxygens (including phenoxy) is 1. The number of esters is 1. The van der Waals surface area contributed by atoms with Crippen molar-refractivity contribution in [1.82, 2.24) is 9.97 Å². The number of aryl methyl sites for hydroxylation is 1. The molecular formula is C12H12N2O3. The zero-order valence-corrected chi connectivity index (χ0v) is 9.64. The Morgan fingerprint density at radius 3 is 2.88 bits per heavy atom. The molecule has 0 aliphatic heterocycles. The fourth-order valence-corrected chi connectivity index (χ4v) is 1.35. The van der Waals surface area contributed by atoms with E-state index < -0.39 is 5.97 Å². The molecule has 17 heavy (non-hydrogen) atoms. The van der Waals surface area contributed by atoms with Crippen molar-refractivity contribution in [3.05, 3.63) is 35.9 Å². The van der Waals surface area contributed by atoms with Crippen LogP contribution in [0.5, 0.6) is 0 Å². The number of nitrogens with zero attached hydrogens (tertiary/aromatic N) is 2. The third-order valence-electron chi connectivity index (χ3n) is 2.10. The van der Waals surface area contributed by atoms with Crippen molar-refractivity contribution in [2.24, 2.45) is 0 Å². The zero-order chi connectivity index (χ0) is 12.3. The van der Waals surface area contributed by atoms with E-state index in [9.17, 15) is 4.79 Å². The van der Waals surface area contributed by atoms with Crippen LogP contribution in [0, 0.1) is 6.92 Å². The molecule has 0 aliphatic carbocycles. The Morgan fingerprint density at radius 1 is 1.41 bits per heavy atom. The largest absolute Gasteiger partial charge is 0.461 e. The number of hydrogen-bond donors (Lipinski definition) is 0. The van der Waals surface area contributed by atoms with Gasteiger partial charge in [0.1, 0.15) is 5.76 Å². The molecule has 2 heterocycles. The molecule has 5 heteroatoms. The fourth-order valence-electron chi connectivity index (χ4n) is 1.35. The number of rotatable bonds is 3. The Hall–Kier alpha value is -2.17. The van der Waals surface area contributed by atoms with Gasteiger partial charge in [-0.1, -0.05) is 0 Å². The number of hydrogen-bond acceptors (Lipinski definition) is 5. The van der Waals surface area contributed by atoms with Gasteiger partial charge in [-0.2, -0.15) is 0 Å². The first-order valence-corrected chi connectivity index (χ1v) is 5.27. The van der Waals surface area contributed by atoms with E-state index in [0.717, 1.165) is 5.76 Å². The number of carbonyl (C=O) groups is 1. The van der Waals surface area contributed by atoms with Crippen molar-refractivity contribution in [3.8, 4) is 11.6 Å². The van der Waals surface area contributed by atoms with E-state index in [-0.39, 0.29) is 5.69 Å². The Bertz CT molecular complexity index is 534. The highest BCUT2D eigenvalue weighted by molar-refractivity contribution is 5.87. The van der Waals surface area contributed by atoms with Crippen LogP contribution in [0.2, 0.25) is 0 Å². The summed E-state index contributed by atoms with van der Waals surface area (Å²) >= 11 is 0. The molecule has 0 bridgehead atoms. The topological polar surface area (TPSA) is 65.2 Å². The summed E-state index contributed by atoms with van der Waals surface area (Å²) in [6.45, 7) is 3.90. The summed E-state index contributed by atoms with van der Waals surface area (Å²) in [5.74, 6) is 1.22. The quantitative estimate of drug-likeness (QED) is 0.759. The Morgan fingerprint density at radius 2 is 2.24 bits per heavy atom. The lowest BCUT2D eigenvalue weighted by atomic mass is 10.3. The Labute approximate surface area is 98.5 Å². The van der Waals surface area contributed by atoms with Gasteiger partial charge in [-0.15, -0.1) is 0 Å². The number of carbonyl (C=O) groups excluding carboxylic acids is 1. The molecule has 0 unspecified atom stereocenters. The molecule has 2 aromatic rings. The van der Waals surface area contributed by atoms with E-state index in [4.69, 9.17) is 9.15 Å². The first kappa shape index (κ1) is 11.3. The standard InChI is InChI=1S/C12H12N2O3/c1-3-16-12(15)9-6-7-13-11(14-9)10-5-4-8(2)17-10/h4-7H,3H2,1-2H3. The molecule has 0 saturated carbocycles. The van der Waals surface area contributed by atoms with Crippen LogP contribution in [0.3, 0.4) is 0 Å². The van der Waals surface area contributed by atoms with Gasteiger partial charge in [0.05, 0.1) is 6.61 Å². The minimum Gasteiger partial charge on any atom is -0.461 e. The molecule has 2 aromatic heterocycles. The lowest BCUT2D eigenvalue weighted by Gasteiger charge is -2.01. The highest BCUT2D eigenvalue weighted by Gasteiger charge is 2.12. The molecule has 0 saturated heterocycles. The number of aromatic nitrogens is 2. The lowest BCUT2D eigenvalue weighted by Crippen LogP contribution is -2.07. The van der Waals surface area contributed by atoms with Gasteiger partial charge in [-0.25, -0.2) is 14.8 Å². The summed E-state index contributed by atoms with van der Waals surface area (Å²) in [5, 5.41) is 0. The summed E-state index contributed by atoms with van der Waals surface area (Å²) in [4.78, 5) is 19.6. The Balaban J connectivity index is 2.31. The van der Waals surface area contributed by atoms with Gasteiger partial charge < -0.3 is 9.15 Å². The van der Waals surface area contributed by atoms with Gasteiger partial charge >= 0.3 is 5.97 Å². The van der Waals surface area contributed by atoms with E-state index >= 15 is 0 Å². The predicted octanol–water partition coefficient (Wildman–Crippen LogP) is 2.22. The first-order chi connectivity index (χ1) is 8.20. The maximum Gasteiger partial charge on any atom is 0.357 e. The molecule has 5 nitrogen and oxygen atoms in total.